The van der Waals surface area contributed by atoms with Crippen molar-refractivity contribution in [1.82, 2.24) is 19.6 Å². The largest absolute Gasteiger partial charge is 0.490 e. The first-order chi connectivity index (χ1) is 18.7. The summed E-state index contributed by atoms with van der Waals surface area (Å²) in [4.78, 5) is 23.0. The van der Waals surface area contributed by atoms with E-state index in [0.29, 0.717) is 12.7 Å². The third-order valence-corrected chi connectivity index (χ3v) is 6.18. The maximum Gasteiger partial charge on any atom is 0.490 e. The van der Waals surface area contributed by atoms with Crippen molar-refractivity contribution in [2.24, 2.45) is 5.92 Å². The van der Waals surface area contributed by atoms with Gasteiger partial charge in [0.2, 0.25) is 6.79 Å². The molecule has 10 nitrogen and oxygen atoms in total. The number of fused-ring (bicyclic) bond motifs is 2. The number of carboxylic acids is 2. The second-order valence-electron chi connectivity index (χ2n) is 9.34. The number of hydrogen-bond donors (Lipinski definition) is 2. The number of likely N-dealkylation sites (tertiary alicyclic amines) is 1. The zero-order chi connectivity index (χ0) is 29.5. The van der Waals surface area contributed by atoms with Crippen LogP contribution in [0.25, 0.3) is 0 Å². The zero-order valence-corrected chi connectivity index (χ0v) is 21.1. The molecule has 1 unspecified atom stereocenters. The molecule has 2 N–H and O–H groups in total. The summed E-state index contributed by atoms with van der Waals surface area (Å²) in [6.45, 7) is 8.03. The maximum absolute atomic E-state index is 10.6. The van der Waals surface area contributed by atoms with Gasteiger partial charge in [0.1, 0.15) is 0 Å². The third-order valence-electron chi connectivity index (χ3n) is 6.18. The molecule has 1 atom stereocenters. The molecule has 0 spiro atoms. The van der Waals surface area contributed by atoms with E-state index < -0.39 is 24.3 Å². The fourth-order valence-corrected chi connectivity index (χ4v) is 4.48. The predicted octanol–water partition coefficient (Wildman–Crippen LogP) is 3.61. The molecule has 5 rings (SSSR count). The molecular weight excluding hydrogens is 554 g/mol. The number of aromatic nitrogens is 2. The van der Waals surface area contributed by atoms with Crippen molar-refractivity contribution in [2.75, 3.05) is 33.0 Å². The number of alkyl halides is 6. The third kappa shape index (κ3) is 9.29. The van der Waals surface area contributed by atoms with E-state index in [1.165, 1.54) is 43.7 Å². The smallest absolute Gasteiger partial charge is 0.475 e. The Hall–Kier alpha value is -3.53. The molecule has 3 aliphatic heterocycles. The van der Waals surface area contributed by atoms with Gasteiger partial charge in [-0.2, -0.15) is 31.4 Å². The average Bonchev–Trinajstić information content (AvgIpc) is 3.60. The van der Waals surface area contributed by atoms with Crippen molar-refractivity contribution in [3.8, 4) is 11.5 Å². The molecule has 4 heterocycles. The molecular formula is C24H28F6N4O6. The standard InChI is InChI=1S/C20H26N4O2.2C2HF3O2/c1-2-8-22(7-1)11-17-12-23(14-18-5-6-21-24(18)13-17)10-16-3-4-19-20(9-16)26-15-25-19;2*3-2(4,5)1(6)7/h3-6,9,17H,1-2,7-8,10-15H2;2*(H,6,7). The number of rotatable bonds is 4. The van der Waals surface area contributed by atoms with Crippen LogP contribution in [0.2, 0.25) is 0 Å². The van der Waals surface area contributed by atoms with Gasteiger partial charge in [0, 0.05) is 44.8 Å². The van der Waals surface area contributed by atoms with Gasteiger partial charge in [-0.05, 0) is 49.7 Å². The molecule has 0 saturated carbocycles. The molecule has 0 aliphatic carbocycles. The highest BCUT2D eigenvalue weighted by Gasteiger charge is 2.39. The SMILES string of the molecule is O=C(O)C(F)(F)F.O=C(O)C(F)(F)F.c1cc2n(n1)CC(CN1CCCC1)CN(Cc1ccc3c(c1)OCO3)C2. The molecule has 2 aromatic rings. The predicted molar refractivity (Wildman–Crippen MR) is 125 cm³/mol. The summed E-state index contributed by atoms with van der Waals surface area (Å²) >= 11 is 0. The summed E-state index contributed by atoms with van der Waals surface area (Å²) in [5.41, 5.74) is 2.59. The Labute approximate surface area is 224 Å². The van der Waals surface area contributed by atoms with Crippen molar-refractivity contribution >= 4 is 11.9 Å². The number of carbonyl (C=O) groups is 2. The number of aliphatic carboxylic acids is 2. The lowest BCUT2D eigenvalue weighted by molar-refractivity contribution is -0.193. The zero-order valence-electron chi connectivity index (χ0n) is 21.1. The first-order valence-corrected chi connectivity index (χ1v) is 12.2. The van der Waals surface area contributed by atoms with Gasteiger partial charge in [-0.25, -0.2) is 9.59 Å². The van der Waals surface area contributed by atoms with E-state index in [0.717, 1.165) is 37.7 Å². The van der Waals surface area contributed by atoms with E-state index in [1.54, 1.807) is 0 Å². The molecule has 0 amide bonds. The molecule has 3 aliphatic rings. The molecule has 0 bridgehead atoms. The molecule has 40 heavy (non-hydrogen) atoms. The molecule has 222 valence electrons. The minimum absolute atomic E-state index is 0.333. The lowest BCUT2D eigenvalue weighted by atomic mass is 10.1. The Bertz CT molecular complexity index is 1130. The second kappa shape index (κ2) is 13.2. The van der Waals surface area contributed by atoms with Gasteiger partial charge in [-0.15, -0.1) is 0 Å². The average molecular weight is 582 g/mol. The van der Waals surface area contributed by atoms with Crippen LogP contribution in [0.5, 0.6) is 11.5 Å². The van der Waals surface area contributed by atoms with Crippen molar-refractivity contribution in [3.63, 3.8) is 0 Å². The molecule has 0 radical (unpaired) electrons. The molecule has 1 aromatic heterocycles. The topological polar surface area (TPSA) is 117 Å². The number of halogens is 6. The Morgan fingerprint density at radius 3 is 2.10 bits per heavy atom. The van der Waals surface area contributed by atoms with Crippen LogP contribution in [0.15, 0.2) is 30.5 Å². The number of ether oxygens (including phenoxy) is 2. The summed E-state index contributed by atoms with van der Waals surface area (Å²) in [6.07, 6.45) is -5.53. The van der Waals surface area contributed by atoms with Gasteiger partial charge >= 0.3 is 24.3 Å². The Kier molecular flexibility index (Phi) is 10.2. The fourth-order valence-electron chi connectivity index (χ4n) is 4.48. The summed E-state index contributed by atoms with van der Waals surface area (Å²) in [5, 5.41) is 18.8. The number of benzene rings is 1. The Morgan fingerprint density at radius 2 is 1.50 bits per heavy atom. The maximum atomic E-state index is 10.6. The van der Waals surface area contributed by atoms with Gasteiger partial charge in [0.25, 0.3) is 0 Å². The minimum Gasteiger partial charge on any atom is -0.475 e. The number of carboxylic acid groups (broad SMARTS) is 2. The van der Waals surface area contributed by atoms with E-state index in [1.807, 2.05) is 12.3 Å². The first-order valence-electron chi connectivity index (χ1n) is 12.2. The lowest BCUT2D eigenvalue weighted by Gasteiger charge is -2.27. The number of hydrogen-bond acceptors (Lipinski definition) is 7. The van der Waals surface area contributed by atoms with Crippen molar-refractivity contribution in [2.45, 2.75) is 44.8 Å². The first kappa shape index (κ1) is 31.0. The molecule has 16 heteroatoms. The summed E-state index contributed by atoms with van der Waals surface area (Å²) < 4.78 is 76.7. The highest BCUT2D eigenvalue weighted by atomic mass is 19.4. The summed E-state index contributed by atoms with van der Waals surface area (Å²) in [7, 11) is 0. The lowest BCUT2D eigenvalue weighted by Crippen LogP contribution is -2.35. The monoisotopic (exact) mass is 582 g/mol. The fraction of sp³-hybridized carbons (Fsp3) is 0.542. The van der Waals surface area contributed by atoms with Crippen molar-refractivity contribution in [1.29, 1.82) is 0 Å². The van der Waals surface area contributed by atoms with Crippen molar-refractivity contribution in [3.05, 3.63) is 41.7 Å². The second-order valence-corrected chi connectivity index (χ2v) is 9.34. The summed E-state index contributed by atoms with van der Waals surface area (Å²) in [6, 6.07) is 8.47. The van der Waals surface area contributed by atoms with E-state index in [4.69, 9.17) is 29.3 Å². The van der Waals surface area contributed by atoms with Crippen LogP contribution in [0.1, 0.15) is 24.1 Å². The molecule has 1 fully saturated rings. The van der Waals surface area contributed by atoms with Gasteiger partial charge < -0.3 is 24.6 Å². The van der Waals surface area contributed by atoms with Crippen molar-refractivity contribution < 1.29 is 55.6 Å². The van der Waals surface area contributed by atoms with Crippen LogP contribution in [-0.2, 0) is 29.2 Å². The van der Waals surface area contributed by atoms with Gasteiger partial charge in [0.05, 0.1) is 5.69 Å². The van der Waals surface area contributed by atoms with E-state index in [2.05, 4.69) is 37.8 Å². The van der Waals surface area contributed by atoms with E-state index in [9.17, 15) is 26.3 Å². The van der Waals surface area contributed by atoms with Crippen LogP contribution >= 0.6 is 0 Å². The van der Waals surface area contributed by atoms with Gasteiger partial charge in [0.15, 0.2) is 11.5 Å². The van der Waals surface area contributed by atoms with Gasteiger partial charge in [-0.3, -0.25) is 9.58 Å². The van der Waals surface area contributed by atoms with Crippen LogP contribution in [0.4, 0.5) is 26.3 Å². The Morgan fingerprint density at radius 1 is 0.900 bits per heavy atom. The normalized spacial score (nSPS) is 19.0. The van der Waals surface area contributed by atoms with Crippen LogP contribution in [-0.4, -0.2) is 87.1 Å². The molecule has 1 saturated heterocycles. The molecule has 1 aromatic carbocycles. The van der Waals surface area contributed by atoms with Crippen LogP contribution < -0.4 is 9.47 Å². The Balaban J connectivity index is 0.000000263. The minimum atomic E-state index is -5.08. The highest BCUT2D eigenvalue weighted by Crippen LogP contribution is 2.33. The van der Waals surface area contributed by atoms with E-state index >= 15 is 0 Å². The number of nitrogens with zero attached hydrogens (tertiary/aromatic N) is 4. The highest BCUT2D eigenvalue weighted by molar-refractivity contribution is 5.73. The van der Waals surface area contributed by atoms with Gasteiger partial charge in [-0.1, -0.05) is 6.07 Å². The van der Waals surface area contributed by atoms with Crippen LogP contribution in [0, 0.1) is 5.92 Å². The van der Waals surface area contributed by atoms with E-state index in [-0.39, 0.29) is 0 Å². The quantitative estimate of drug-likeness (QED) is 0.522. The van der Waals surface area contributed by atoms with Crippen LogP contribution in [0.3, 0.4) is 0 Å². The summed E-state index contributed by atoms with van der Waals surface area (Å²) in [5.74, 6) is -3.17.